The lowest BCUT2D eigenvalue weighted by molar-refractivity contribution is -0.141. The first-order valence-corrected chi connectivity index (χ1v) is 6.41. The molecule has 0 bridgehead atoms. The van der Waals surface area contributed by atoms with Gasteiger partial charge in [-0.1, -0.05) is 19.1 Å². The van der Waals surface area contributed by atoms with Crippen LogP contribution in [0.25, 0.3) is 0 Å². The monoisotopic (exact) mass is 270 g/mol. The van der Waals surface area contributed by atoms with Gasteiger partial charge in [0.05, 0.1) is 0 Å². The second-order valence-corrected chi connectivity index (χ2v) is 4.11. The molecule has 0 heterocycles. The van der Waals surface area contributed by atoms with E-state index >= 15 is 0 Å². The Morgan fingerprint density at radius 2 is 1.84 bits per heavy atom. The average molecular weight is 270 g/mol. The van der Waals surface area contributed by atoms with Crippen LogP contribution in [0.15, 0.2) is 12.2 Å². The molecule has 108 valence electrons. The Labute approximate surface area is 113 Å². The lowest BCUT2D eigenvalue weighted by atomic mass is 10.2. The molecule has 0 spiro atoms. The minimum atomic E-state index is -1.08. The van der Waals surface area contributed by atoms with Crippen LogP contribution >= 0.6 is 0 Å². The van der Waals surface area contributed by atoms with E-state index in [9.17, 15) is 14.4 Å². The summed E-state index contributed by atoms with van der Waals surface area (Å²) in [5.74, 6) is -1.71. The summed E-state index contributed by atoms with van der Waals surface area (Å²) in [7, 11) is 0. The largest absolute Gasteiger partial charge is 0.480 e. The van der Waals surface area contributed by atoms with E-state index in [4.69, 9.17) is 5.11 Å². The molecule has 2 amide bonds. The van der Waals surface area contributed by atoms with Crippen LogP contribution in [0.5, 0.6) is 0 Å². The van der Waals surface area contributed by atoms with Gasteiger partial charge in [0, 0.05) is 19.4 Å². The normalized spacial score (nSPS) is 12.1. The van der Waals surface area contributed by atoms with E-state index in [-0.39, 0.29) is 25.2 Å². The zero-order valence-electron chi connectivity index (χ0n) is 11.4. The van der Waals surface area contributed by atoms with Crippen LogP contribution in [0.4, 0.5) is 0 Å². The first kappa shape index (κ1) is 17.2. The molecule has 0 radical (unpaired) electrons. The number of amides is 2. The van der Waals surface area contributed by atoms with Gasteiger partial charge < -0.3 is 15.7 Å². The zero-order valence-corrected chi connectivity index (χ0v) is 11.4. The molecule has 3 N–H and O–H groups in total. The van der Waals surface area contributed by atoms with Gasteiger partial charge in [-0.25, -0.2) is 4.79 Å². The number of hydrogen-bond donors (Lipinski definition) is 3. The van der Waals surface area contributed by atoms with E-state index in [0.717, 1.165) is 6.42 Å². The highest BCUT2D eigenvalue weighted by atomic mass is 16.4. The van der Waals surface area contributed by atoms with Crippen LogP contribution in [-0.2, 0) is 14.4 Å². The van der Waals surface area contributed by atoms with Gasteiger partial charge >= 0.3 is 5.97 Å². The Morgan fingerprint density at radius 3 is 2.37 bits per heavy atom. The minimum Gasteiger partial charge on any atom is -0.480 e. The smallest absolute Gasteiger partial charge is 0.326 e. The lowest BCUT2D eigenvalue weighted by Crippen LogP contribution is -2.40. The number of rotatable bonds is 9. The number of carbonyl (C=O) groups excluding carboxylic acids is 2. The molecule has 0 aliphatic carbocycles. The van der Waals surface area contributed by atoms with Gasteiger partial charge in [0.2, 0.25) is 11.8 Å². The van der Waals surface area contributed by atoms with Crippen LogP contribution < -0.4 is 10.6 Å². The number of aliphatic carboxylic acids is 1. The lowest BCUT2D eigenvalue weighted by Gasteiger charge is -2.12. The van der Waals surface area contributed by atoms with Crippen molar-refractivity contribution in [2.75, 3.05) is 6.54 Å². The summed E-state index contributed by atoms with van der Waals surface area (Å²) in [5, 5.41) is 14.0. The summed E-state index contributed by atoms with van der Waals surface area (Å²) in [6.45, 7) is 4.30. The Morgan fingerprint density at radius 1 is 1.21 bits per heavy atom. The van der Waals surface area contributed by atoms with Crippen LogP contribution in [-0.4, -0.2) is 35.5 Å². The molecule has 0 aliphatic heterocycles. The van der Waals surface area contributed by atoms with Crippen LogP contribution in [0.1, 0.15) is 39.5 Å². The summed E-state index contributed by atoms with van der Waals surface area (Å²) in [6.07, 6.45) is 4.53. The summed E-state index contributed by atoms with van der Waals surface area (Å²) in [5.41, 5.74) is 0. The summed E-state index contributed by atoms with van der Waals surface area (Å²) >= 11 is 0. The fraction of sp³-hybridized carbons (Fsp3) is 0.615. The third kappa shape index (κ3) is 8.82. The van der Waals surface area contributed by atoms with Gasteiger partial charge in [0.1, 0.15) is 6.04 Å². The first-order chi connectivity index (χ1) is 9.01. The molecule has 0 saturated carbocycles. The summed E-state index contributed by atoms with van der Waals surface area (Å²) in [6, 6.07) is -0.942. The fourth-order valence-corrected chi connectivity index (χ4v) is 1.34. The van der Waals surface area contributed by atoms with Gasteiger partial charge in [-0.2, -0.15) is 0 Å². The average Bonchev–Trinajstić information content (AvgIpc) is 2.38. The zero-order chi connectivity index (χ0) is 14.7. The summed E-state index contributed by atoms with van der Waals surface area (Å²) in [4.78, 5) is 33.7. The molecule has 0 aromatic rings. The van der Waals surface area contributed by atoms with E-state index in [1.54, 1.807) is 19.1 Å². The van der Waals surface area contributed by atoms with Gasteiger partial charge in [0.25, 0.3) is 0 Å². The Balaban J connectivity index is 4.05. The second kappa shape index (κ2) is 10.1. The van der Waals surface area contributed by atoms with Crippen molar-refractivity contribution in [1.29, 1.82) is 0 Å². The predicted molar refractivity (Wildman–Crippen MR) is 71.5 cm³/mol. The Kier molecular flexibility index (Phi) is 9.12. The number of hydrogen-bond acceptors (Lipinski definition) is 3. The molecule has 0 saturated heterocycles. The maximum Gasteiger partial charge on any atom is 0.326 e. The minimum absolute atomic E-state index is 0.00479. The van der Waals surface area contributed by atoms with E-state index in [1.807, 2.05) is 6.92 Å². The molecule has 0 fully saturated rings. The fourth-order valence-electron chi connectivity index (χ4n) is 1.34. The number of nitrogens with one attached hydrogen (secondary N) is 2. The van der Waals surface area contributed by atoms with Crippen molar-refractivity contribution >= 4 is 17.8 Å². The molecule has 0 aromatic heterocycles. The van der Waals surface area contributed by atoms with E-state index < -0.39 is 17.9 Å². The molecule has 1 atom stereocenters. The van der Waals surface area contributed by atoms with Crippen molar-refractivity contribution < 1.29 is 19.5 Å². The molecule has 6 nitrogen and oxygen atoms in total. The molecule has 0 aromatic carbocycles. The number of carboxylic acid groups (broad SMARTS) is 1. The Bertz CT molecular complexity index is 340. The van der Waals surface area contributed by atoms with Crippen LogP contribution in [0, 0.1) is 0 Å². The maximum absolute atomic E-state index is 11.5. The number of carbonyl (C=O) groups is 3. The highest BCUT2D eigenvalue weighted by Crippen LogP contribution is 1.97. The highest BCUT2D eigenvalue weighted by Gasteiger charge is 2.18. The second-order valence-electron chi connectivity index (χ2n) is 4.11. The quantitative estimate of drug-likeness (QED) is 0.541. The van der Waals surface area contributed by atoms with Gasteiger partial charge in [-0.05, 0) is 19.8 Å². The molecule has 6 heteroatoms. The molecular weight excluding hydrogens is 248 g/mol. The topological polar surface area (TPSA) is 95.5 Å². The highest BCUT2D eigenvalue weighted by molar-refractivity contribution is 5.86. The van der Waals surface area contributed by atoms with Gasteiger partial charge in [0.15, 0.2) is 0 Å². The van der Waals surface area contributed by atoms with E-state index in [1.165, 1.54) is 0 Å². The molecule has 0 aliphatic rings. The van der Waals surface area contributed by atoms with Crippen LogP contribution in [0.3, 0.4) is 0 Å². The molecule has 1 unspecified atom stereocenters. The van der Waals surface area contributed by atoms with Crippen molar-refractivity contribution in [3.05, 3.63) is 12.2 Å². The predicted octanol–water partition coefficient (Wildman–Crippen LogP) is 0.828. The van der Waals surface area contributed by atoms with E-state index in [2.05, 4.69) is 10.6 Å². The number of carboxylic acids is 1. The standard InChI is InChI=1S/C13H22N2O4/c1-3-5-6-10(13(18)19)15-12(17)8-7-11(16)14-9-4-2/h3,5,10H,4,6-9H2,1-2H3,(H,14,16)(H,15,17)(H,18,19)/b5-3+. The molecule has 19 heavy (non-hydrogen) atoms. The van der Waals surface area contributed by atoms with Crippen molar-refractivity contribution in [1.82, 2.24) is 10.6 Å². The van der Waals surface area contributed by atoms with Crippen molar-refractivity contribution in [3.8, 4) is 0 Å². The molecule has 0 rings (SSSR count). The first-order valence-electron chi connectivity index (χ1n) is 6.41. The molecular formula is C13H22N2O4. The maximum atomic E-state index is 11.5. The van der Waals surface area contributed by atoms with Crippen LogP contribution in [0.2, 0.25) is 0 Å². The third-order valence-electron chi connectivity index (χ3n) is 2.39. The van der Waals surface area contributed by atoms with Crippen molar-refractivity contribution in [3.63, 3.8) is 0 Å². The van der Waals surface area contributed by atoms with Gasteiger partial charge in [-0.3, -0.25) is 9.59 Å². The Hall–Kier alpha value is -1.85. The number of allylic oxidation sites excluding steroid dienone is 1. The van der Waals surface area contributed by atoms with Crippen molar-refractivity contribution in [2.45, 2.75) is 45.6 Å². The van der Waals surface area contributed by atoms with Gasteiger partial charge in [-0.15, -0.1) is 0 Å². The SMILES string of the molecule is C/C=C/CC(NC(=O)CCC(=O)NCCC)C(=O)O. The summed E-state index contributed by atoms with van der Waals surface area (Å²) < 4.78 is 0. The van der Waals surface area contributed by atoms with Crippen molar-refractivity contribution in [2.24, 2.45) is 0 Å². The van der Waals surface area contributed by atoms with E-state index in [0.29, 0.717) is 6.54 Å². The third-order valence-corrected chi connectivity index (χ3v) is 2.39.